The van der Waals surface area contributed by atoms with Gasteiger partial charge in [0, 0.05) is 17.5 Å². The van der Waals surface area contributed by atoms with Crippen molar-refractivity contribution < 1.29 is 30.5 Å². The van der Waals surface area contributed by atoms with Gasteiger partial charge in [0.2, 0.25) is 5.88 Å². The van der Waals surface area contributed by atoms with Gasteiger partial charge in [-0.15, -0.1) is 0 Å². The first kappa shape index (κ1) is 21.1. The highest BCUT2D eigenvalue weighted by Gasteiger charge is 2.23. The molecular weight excluding hydrogens is 444 g/mol. The van der Waals surface area contributed by atoms with Gasteiger partial charge >= 0.3 is 10.1 Å². The topological polar surface area (TPSA) is 147 Å². The van der Waals surface area contributed by atoms with E-state index in [4.69, 9.17) is 0 Å². The molecule has 0 saturated heterocycles. The number of hydrogen-bond donors (Lipinski definition) is 4. The molecule has 4 heterocycles. The largest absolute Gasteiger partial charge is 0.348 e. The number of anilines is 1. The zero-order chi connectivity index (χ0) is 22.2. The summed E-state index contributed by atoms with van der Waals surface area (Å²) in [6.07, 6.45) is 11.7. The van der Waals surface area contributed by atoms with Crippen molar-refractivity contribution >= 4 is 49.2 Å². The summed E-state index contributed by atoms with van der Waals surface area (Å²) in [5, 5.41) is 0.771. The Labute approximate surface area is 178 Å². The van der Waals surface area contributed by atoms with Gasteiger partial charge in [-0.25, -0.2) is 9.55 Å². The molecule has 0 bridgehead atoms. The van der Waals surface area contributed by atoms with Crippen LogP contribution in [0.2, 0.25) is 0 Å². The summed E-state index contributed by atoms with van der Waals surface area (Å²) in [7, 11) is -8.59. The minimum atomic E-state index is -4.30. The van der Waals surface area contributed by atoms with Crippen molar-refractivity contribution in [3.05, 3.63) is 71.8 Å². The van der Waals surface area contributed by atoms with Gasteiger partial charge in [-0.2, -0.15) is 16.8 Å². The fourth-order valence-corrected chi connectivity index (χ4v) is 4.62. The highest BCUT2D eigenvalue weighted by Crippen LogP contribution is 2.29. The average Bonchev–Trinajstić information content (AvgIpc) is 3.32. The first-order valence-corrected chi connectivity index (χ1v) is 12.2. The second-order valence-corrected chi connectivity index (χ2v) is 9.73. The van der Waals surface area contributed by atoms with Crippen LogP contribution in [0.15, 0.2) is 60.6 Å². The van der Waals surface area contributed by atoms with Gasteiger partial charge in [0.25, 0.3) is 15.8 Å². The molecule has 0 radical (unpaired) electrons. The fraction of sp³-hybridized carbons (Fsp3) is 0.105. The molecule has 0 aliphatic carbocycles. The summed E-state index contributed by atoms with van der Waals surface area (Å²) in [6.45, 7) is 0. The molecule has 12 heteroatoms. The maximum atomic E-state index is 11.5. The van der Waals surface area contributed by atoms with E-state index in [1.54, 1.807) is 67.0 Å². The second-order valence-electron chi connectivity index (χ2n) is 6.88. The highest BCUT2D eigenvalue weighted by molar-refractivity contribution is 7.85. The molecule has 0 fully saturated rings. The molecule has 0 saturated carbocycles. The zero-order valence-corrected chi connectivity index (χ0v) is 17.6. The Balaban J connectivity index is 1.71. The predicted molar refractivity (Wildman–Crippen MR) is 116 cm³/mol. The van der Waals surface area contributed by atoms with Gasteiger partial charge in [0.05, 0.1) is 11.6 Å². The number of hydrogen-bond acceptors (Lipinski definition) is 5. The Morgan fingerprint density at radius 2 is 1.74 bits per heavy atom. The lowest BCUT2D eigenvalue weighted by Crippen LogP contribution is -2.41. The Morgan fingerprint density at radius 3 is 2.48 bits per heavy atom. The zero-order valence-electron chi connectivity index (χ0n) is 16.0. The number of nitrogens with zero attached hydrogens (tertiary/aromatic N) is 2. The number of pyridine rings is 1. The predicted octanol–water partition coefficient (Wildman–Crippen LogP) is 1.90. The first-order valence-electron chi connectivity index (χ1n) is 9.02. The molecule has 3 aromatic heterocycles. The Morgan fingerprint density at radius 1 is 0.968 bits per heavy atom. The van der Waals surface area contributed by atoms with E-state index in [0.29, 0.717) is 22.9 Å². The van der Waals surface area contributed by atoms with Crippen LogP contribution in [0.25, 0.3) is 23.2 Å². The Kier molecular flexibility index (Phi) is 5.31. The molecule has 1 aliphatic heterocycles. The van der Waals surface area contributed by atoms with Crippen molar-refractivity contribution in [1.29, 1.82) is 0 Å². The van der Waals surface area contributed by atoms with Gasteiger partial charge in [0.1, 0.15) is 11.5 Å². The van der Waals surface area contributed by atoms with Crippen LogP contribution in [-0.4, -0.2) is 41.8 Å². The SMILES string of the molecule is O=S(=O)(O)CN1/C(=C/C=C/c2ccc3cc[nH]c3[n+]2CS(=O)(=O)O)C=Cc2cc[nH]c21. The number of allylic oxidation sites excluding steroid dienone is 3. The van der Waals surface area contributed by atoms with E-state index in [2.05, 4.69) is 9.97 Å². The quantitative estimate of drug-likeness (QED) is 0.322. The van der Waals surface area contributed by atoms with E-state index in [0.717, 1.165) is 10.9 Å². The average molecular weight is 464 g/mol. The molecule has 3 aromatic rings. The lowest BCUT2D eigenvalue weighted by molar-refractivity contribution is -0.655. The molecule has 31 heavy (non-hydrogen) atoms. The van der Waals surface area contributed by atoms with E-state index in [1.165, 1.54) is 9.47 Å². The van der Waals surface area contributed by atoms with Crippen molar-refractivity contribution in [2.75, 3.05) is 10.8 Å². The molecule has 10 nitrogen and oxygen atoms in total. The van der Waals surface area contributed by atoms with Gasteiger partial charge in [0.15, 0.2) is 5.88 Å². The molecule has 1 aliphatic rings. The summed E-state index contributed by atoms with van der Waals surface area (Å²) in [5.74, 6) is -0.752. The summed E-state index contributed by atoms with van der Waals surface area (Å²) in [6, 6.07) is 7.06. The molecule has 4 N–H and O–H groups in total. The normalized spacial score (nSPS) is 15.9. The number of H-pyrrole nitrogens is 2. The van der Waals surface area contributed by atoms with Crippen molar-refractivity contribution in [2.24, 2.45) is 0 Å². The van der Waals surface area contributed by atoms with Crippen LogP contribution in [0.4, 0.5) is 5.82 Å². The lowest BCUT2D eigenvalue weighted by atomic mass is 10.1. The molecule has 0 atom stereocenters. The van der Waals surface area contributed by atoms with Crippen LogP contribution in [0.1, 0.15) is 11.3 Å². The summed E-state index contributed by atoms with van der Waals surface area (Å²) in [5.41, 5.74) is 2.28. The Bertz CT molecular complexity index is 1450. The van der Waals surface area contributed by atoms with Crippen molar-refractivity contribution in [3.63, 3.8) is 0 Å². The third-order valence-electron chi connectivity index (χ3n) is 4.66. The summed E-state index contributed by atoms with van der Waals surface area (Å²) in [4.78, 5) is 7.32. The van der Waals surface area contributed by atoms with Gasteiger partial charge in [-0.05, 0) is 48.6 Å². The van der Waals surface area contributed by atoms with Crippen molar-refractivity contribution in [1.82, 2.24) is 9.97 Å². The van der Waals surface area contributed by atoms with Crippen LogP contribution in [0.5, 0.6) is 0 Å². The van der Waals surface area contributed by atoms with E-state index < -0.39 is 32.0 Å². The summed E-state index contributed by atoms with van der Waals surface area (Å²) >= 11 is 0. The molecule has 0 amide bonds. The number of rotatable bonds is 6. The minimum Gasteiger partial charge on any atom is -0.348 e. The van der Waals surface area contributed by atoms with Crippen LogP contribution in [0, 0.1) is 0 Å². The second kappa shape index (κ2) is 7.81. The third-order valence-corrected chi connectivity index (χ3v) is 5.83. The van der Waals surface area contributed by atoms with E-state index in [1.807, 2.05) is 0 Å². The molecule has 4 rings (SSSR count). The molecule has 0 spiro atoms. The smallest absolute Gasteiger partial charge is 0.304 e. The van der Waals surface area contributed by atoms with Gasteiger partial charge in [-0.1, -0.05) is 6.08 Å². The first-order chi connectivity index (χ1) is 14.6. The maximum Gasteiger partial charge on any atom is 0.304 e. The Hall–Kier alpha value is -3.19. The third kappa shape index (κ3) is 4.77. The maximum absolute atomic E-state index is 11.5. The van der Waals surface area contributed by atoms with Crippen LogP contribution < -0.4 is 9.47 Å². The van der Waals surface area contributed by atoms with E-state index in [9.17, 15) is 25.9 Å². The fourth-order valence-electron chi connectivity index (χ4n) is 3.41. The number of fused-ring (bicyclic) bond motifs is 2. The standard InChI is InChI=1S/C19H18N4O6S2/c24-30(25,26)12-22-16(6-4-14-8-10-20-18(14)22)2-1-3-17-7-5-15-9-11-21-19(15)23(17)13-31(27,28)29/h1-11H,12-13H2,(H3,20,21,24,25,26,27,28,29)/p+1. The number of aromatic amines is 2. The van der Waals surface area contributed by atoms with E-state index in [-0.39, 0.29) is 0 Å². The summed E-state index contributed by atoms with van der Waals surface area (Å²) < 4.78 is 66.1. The number of nitrogens with one attached hydrogen (secondary N) is 2. The minimum absolute atomic E-state index is 0.492. The molecule has 0 aromatic carbocycles. The molecular formula is C19H19N4O6S2+. The van der Waals surface area contributed by atoms with Crippen LogP contribution in [-0.2, 0) is 26.1 Å². The lowest BCUT2D eigenvalue weighted by Gasteiger charge is -2.26. The van der Waals surface area contributed by atoms with Crippen molar-refractivity contribution in [2.45, 2.75) is 5.88 Å². The van der Waals surface area contributed by atoms with Crippen molar-refractivity contribution in [3.8, 4) is 0 Å². The van der Waals surface area contributed by atoms with Crippen LogP contribution in [0.3, 0.4) is 0 Å². The van der Waals surface area contributed by atoms with Gasteiger partial charge < -0.3 is 9.88 Å². The molecule has 162 valence electrons. The van der Waals surface area contributed by atoms with Gasteiger partial charge in [-0.3, -0.25) is 9.11 Å². The van der Waals surface area contributed by atoms with E-state index >= 15 is 0 Å². The van der Waals surface area contributed by atoms with Crippen LogP contribution >= 0.6 is 0 Å². The monoisotopic (exact) mass is 463 g/mol. The number of aromatic nitrogens is 3. The highest BCUT2D eigenvalue weighted by atomic mass is 32.2. The molecule has 0 unspecified atom stereocenters.